The highest BCUT2D eigenvalue weighted by molar-refractivity contribution is 5.97. The molecule has 0 radical (unpaired) electrons. The number of carbonyl (C=O) groups is 1. The minimum atomic E-state index is -0.382. The van der Waals surface area contributed by atoms with Crippen LogP contribution in [0.25, 0.3) is 0 Å². The Morgan fingerprint density at radius 2 is 2.24 bits per heavy atom. The normalized spacial score (nSPS) is 15.0. The fourth-order valence-corrected chi connectivity index (χ4v) is 2.03. The molecule has 17 heavy (non-hydrogen) atoms. The smallest absolute Gasteiger partial charge is 0.340 e. The summed E-state index contributed by atoms with van der Waals surface area (Å²) in [5.74, 6) is 0.320. The lowest BCUT2D eigenvalue weighted by molar-refractivity contribution is 0.0527. The SMILES string of the molecule is CCOC(=O)c1ccnc(N2CCCC2)c1N. The van der Waals surface area contributed by atoms with E-state index in [4.69, 9.17) is 10.5 Å². The largest absolute Gasteiger partial charge is 0.462 e. The highest BCUT2D eigenvalue weighted by Crippen LogP contribution is 2.27. The molecule has 2 rings (SSSR count). The van der Waals surface area contributed by atoms with Crippen LogP contribution in [0, 0.1) is 0 Å². The lowest BCUT2D eigenvalue weighted by Gasteiger charge is -2.19. The predicted molar refractivity (Wildman–Crippen MR) is 66.1 cm³/mol. The van der Waals surface area contributed by atoms with Gasteiger partial charge in [-0.15, -0.1) is 0 Å². The first-order valence-electron chi connectivity index (χ1n) is 5.90. The third kappa shape index (κ3) is 2.33. The van der Waals surface area contributed by atoms with E-state index in [1.165, 1.54) is 0 Å². The van der Waals surface area contributed by atoms with Gasteiger partial charge < -0.3 is 15.4 Å². The number of rotatable bonds is 3. The molecule has 2 heterocycles. The quantitative estimate of drug-likeness (QED) is 0.803. The van der Waals surface area contributed by atoms with Crippen LogP contribution in [0.4, 0.5) is 11.5 Å². The van der Waals surface area contributed by atoms with Gasteiger partial charge in [-0.1, -0.05) is 0 Å². The van der Waals surface area contributed by atoms with Crippen LogP contribution in [0.1, 0.15) is 30.1 Å². The zero-order chi connectivity index (χ0) is 12.3. The van der Waals surface area contributed by atoms with Gasteiger partial charge >= 0.3 is 5.97 Å². The molecule has 1 saturated heterocycles. The van der Waals surface area contributed by atoms with Crippen LogP contribution in [0.3, 0.4) is 0 Å². The predicted octanol–water partition coefficient (Wildman–Crippen LogP) is 1.44. The number of esters is 1. The number of nitrogens with zero attached hydrogens (tertiary/aromatic N) is 2. The summed E-state index contributed by atoms with van der Waals surface area (Å²) in [4.78, 5) is 18.0. The summed E-state index contributed by atoms with van der Waals surface area (Å²) < 4.78 is 4.96. The van der Waals surface area contributed by atoms with Crippen LogP contribution in [0.5, 0.6) is 0 Å². The molecule has 1 aliphatic heterocycles. The Labute approximate surface area is 101 Å². The van der Waals surface area contributed by atoms with Crippen LogP contribution in [-0.4, -0.2) is 30.6 Å². The van der Waals surface area contributed by atoms with Crippen molar-refractivity contribution >= 4 is 17.5 Å². The minimum absolute atomic E-state index is 0.347. The summed E-state index contributed by atoms with van der Waals surface area (Å²) in [7, 11) is 0. The Morgan fingerprint density at radius 1 is 1.53 bits per heavy atom. The number of pyridine rings is 1. The number of hydrogen-bond acceptors (Lipinski definition) is 5. The van der Waals surface area contributed by atoms with Gasteiger partial charge in [-0.2, -0.15) is 0 Å². The summed E-state index contributed by atoms with van der Waals surface area (Å²) in [5, 5.41) is 0. The molecular formula is C12H17N3O2. The zero-order valence-electron chi connectivity index (χ0n) is 9.98. The Hall–Kier alpha value is -1.78. The molecule has 1 aromatic rings. The second kappa shape index (κ2) is 5.03. The second-order valence-electron chi connectivity index (χ2n) is 4.01. The number of carbonyl (C=O) groups excluding carboxylic acids is 1. The molecular weight excluding hydrogens is 218 g/mol. The number of anilines is 2. The maximum absolute atomic E-state index is 11.7. The topological polar surface area (TPSA) is 68.5 Å². The first-order chi connectivity index (χ1) is 8.24. The standard InChI is InChI=1S/C12H17N3O2/c1-2-17-12(16)9-5-6-14-11(10(9)13)15-7-3-4-8-15/h5-6H,2-4,7-8,13H2,1H3. The van der Waals surface area contributed by atoms with Crippen molar-refractivity contribution in [3.05, 3.63) is 17.8 Å². The second-order valence-corrected chi connectivity index (χ2v) is 4.01. The van der Waals surface area contributed by atoms with E-state index in [1.807, 2.05) is 0 Å². The monoisotopic (exact) mass is 235 g/mol. The molecule has 0 amide bonds. The first kappa shape index (κ1) is 11.7. The van der Waals surface area contributed by atoms with Crippen molar-refractivity contribution in [1.82, 2.24) is 4.98 Å². The van der Waals surface area contributed by atoms with Crippen LogP contribution >= 0.6 is 0 Å². The number of ether oxygens (including phenoxy) is 1. The van der Waals surface area contributed by atoms with Gasteiger partial charge in [0.15, 0.2) is 5.82 Å². The lowest BCUT2D eigenvalue weighted by Crippen LogP contribution is -2.22. The Morgan fingerprint density at radius 3 is 2.88 bits per heavy atom. The van der Waals surface area contributed by atoms with Crippen LogP contribution in [-0.2, 0) is 4.74 Å². The zero-order valence-corrected chi connectivity index (χ0v) is 9.98. The fraction of sp³-hybridized carbons (Fsp3) is 0.500. The molecule has 0 bridgehead atoms. The molecule has 1 aliphatic rings. The van der Waals surface area contributed by atoms with E-state index in [9.17, 15) is 4.79 Å². The van der Waals surface area contributed by atoms with E-state index in [0.717, 1.165) is 25.9 Å². The van der Waals surface area contributed by atoms with Gasteiger partial charge in [-0.3, -0.25) is 0 Å². The van der Waals surface area contributed by atoms with Gasteiger partial charge in [0.1, 0.15) is 0 Å². The average molecular weight is 235 g/mol. The van der Waals surface area contributed by atoms with Crippen molar-refractivity contribution in [1.29, 1.82) is 0 Å². The summed E-state index contributed by atoms with van der Waals surface area (Å²) in [5.41, 5.74) is 6.82. The number of nitrogens with two attached hydrogens (primary N) is 1. The maximum atomic E-state index is 11.7. The molecule has 92 valence electrons. The van der Waals surface area contributed by atoms with Gasteiger partial charge in [0, 0.05) is 19.3 Å². The first-order valence-corrected chi connectivity index (χ1v) is 5.90. The summed E-state index contributed by atoms with van der Waals surface area (Å²) >= 11 is 0. The Balaban J connectivity index is 2.29. The molecule has 5 heteroatoms. The van der Waals surface area contributed by atoms with Gasteiger partial charge in [0.25, 0.3) is 0 Å². The van der Waals surface area contributed by atoms with Gasteiger partial charge in [-0.25, -0.2) is 9.78 Å². The van der Waals surface area contributed by atoms with Crippen LogP contribution in [0.15, 0.2) is 12.3 Å². The molecule has 0 aliphatic carbocycles. The highest BCUT2D eigenvalue weighted by Gasteiger charge is 2.20. The molecule has 1 fully saturated rings. The van der Waals surface area contributed by atoms with Crippen LogP contribution in [0.2, 0.25) is 0 Å². The molecule has 0 spiro atoms. The van der Waals surface area contributed by atoms with Crippen LogP contribution < -0.4 is 10.6 Å². The van der Waals surface area contributed by atoms with Gasteiger partial charge in [-0.05, 0) is 25.8 Å². The lowest BCUT2D eigenvalue weighted by atomic mass is 10.2. The molecule has 2 N–H and O–H groups in total. The fourth-order valence-electron chi connectivity index (χ4n) is 2.03. The van der Waals surface area contributed by atoms with E-state index in [2.05, 4.69) is 9.88 Å². The van der Waals surface area contributed by atoms with Crippen molar-refractivity contribution < 1.29 is 9.53 Å². The third-order valence-corrected chi connectivity index (χ3v) is 2.87. The Bertz CT molecular complexity index is 414. The van der Waals surface area contributed by atoms with E-state index in [-0.39, 0.29) is 5.97 Å². The summed E-state index contributed by atoms with van der Waals surface area (Å²) in [6, 6.07) is 1.60. The Kier molecular flexibility index (Phi) is 3.46. The van der Waals surface area contributed by atoms with Crippen molar-refractivity contribution in [2.75, 3.05) is 30.3 Å². The average Bonchev–Trinajstić information content (AvgIpc) is 2.83. The van der Waals surface area contributed by atoms with Crippen molar-refractivity contribution in [2.45, 2.75) is 19.8 Å². The molecule has 0 atom stereocenters. The van der Waals surface area contributed by atoms with E-state index < -0.39 is 0 Å². The van der Waals surface area contributed by atoms with Gasteiger partial charge in [0.05, 0.1) is 17.9 Å². The molecule has 0 saturated carbocycles. The molecule has 0 aromatic carbocycles. The van der Waals surface area contributed by atoms with Crippen molar-refractivity contribution in [2.24, 2.45) is 0 Å². The third-order valence-electron chi connectivity index (χ3n) is 2.87. The maximum Gasteiger partial charge on any atom is 0.340 e. The molecule has 5 nitrogen and oxygen atoms in total. The number of aromatic nitrogens is 1. The summed E-state index contributed by atoms with van der Waals surface area (Å²) in [6.45, 7) is 4.02. The van der Waals surface area contributed by atoms with E-state index >= 15 is 0 Å². The molecule has 1 aromatic heterocycles. The van der Waals surface area contributed by atoms with E-state index in [0.29, 0.717) is 23.7 Å². The number of hydrogen-bond donors (Lipinski definition) is 1. The molecule has 0 unspecified atom stereocenters. The number of nitrogen functional groups attached to an aromatic ring is 1. The minimum Gasteiger partial charge on any atom is -0.462 e. The van der Waals surface area contributed by atoms with Crippen molar-refractivity contribution in [3.8, 4) is 0 Å². The van der Waals surface area contributed by atoms with Gasteiger partial charge in [0.2, 0.25) is 0 Å². The summed E-state index contributed by atoms with van der Waals surface area (Å²) in [6.07, 6.45) is 3.89. The highest BCUT2D eigenvalue weighted by atomic mass is 16.5. The van der Waals surface area contributed by atoms with E-state index in [1.54, 1.807) is 19.2 Å². The van der Waals surface area contributed by atoms with Crippen molar-refractivity contribution in [3.63, 3.8) is 0 Å².